The second-order valence-corrected chi connectivity index (χ2v) is 9.46. The van der Waals surface area contributed by atoms with E-state index in [0.717, 1.165) is 42.5 Å². The van der Waals surface area contributed by atoms with Gasteiger partial charge in [-0.25, -0.2) is 4.79 Å². The Morgan fingerprint density at radius 3 is 2.34 bits per heavy atom. The van der Waals surface area contributed by atoms with Crippen LogP contribution in [0.2, 0.25) is 0 Å². The molecule has 0 aromatic heterocycles. The lowest BCUT2D eigenvalue weighted by Crippen LogP contribution is -2.28. The summed E-state index contributed by atoms with van der Waals surface area (Å²) in [6, 6.07) is 3.83. The number of rotatable bonds is 15. The van der Waals surface area contributed by atoms with Gasteiger partial charge in [-0.15, -0.1) is 0 Å². The van der Waals surface area contributed by atoms with Crippen LogP contribution in [0.4, 0.5) is 0 Å². The molecule has 1 aromatic rings. The highest BCUT2D eigenvalue weighted by Crippen LogP contribution is 2.33. The number of Topliss-reactive ketones (excluding diaryl/α,β-unsaturated/α-hetero) is 1. The fourth-order valence-electron chi connectivity index (χ4n) is 4.35. The van der Waals surface area contributed by atoms with E-state index in [-0.39, 0.29) is 17.7 Å². The molecule has 0 saturated carbocycles. The molecular weight excluding hydrogens is 402 g/mol. The highest BCUT2D eigenvalue weighted by Gasteiger charge is 2.32. The van der Waals surface area contributed by atoms with Gasteiger partial charge in [-0.05, 0) is 57.1 Å². The second kappa shape index (κ2) is 13.6. The van der Waals surface area contributed by atoms with Crippen molar-refractivity contribution >= 4 is 11.8 Å². The van der Waals surface area contributed by atoms with Gasteiger partial charge in [-0.1, -0.05) is 58.8 Å². The van der Waals surface area contributed by atoms with Crippen LogP contribution in [0.5, 0.6) is 5.75 Å². The molecule has 2 rings (SSSR count). The Labute approximate surface area is 194 Å². The molecule has 1 heterocycles. The summed E-state index contributed by atoms with van der Waals surface area (Å²) in [4.78, 5) is 27.6. The Hall–Kier alpha value is -1.88. The number of ketones is 1. The molecule has 0 spiro atoms. The maximum Gasteiger partial charge on any atom is 0.347 e. The third-order valence-electron chi connectivity index (χ3n) is 6.30. The Kier molecular flexibility index (Phi) is 11.2. The van der Waals surface area contributed by atoms with Gasteiger partial charge in [-0.2, -0.15) is 0 Å². The van der Waals surface area contributed by atoms with Crippen LogP contribution in [0.25, 0.3) is 0 Å². The van der Waals surface area contributed by atoms with Gasteiger partial charge in [0.1, 0.15) is 5.75 Å². The van der Waals surface area contributed by atoms with Gasteiger partial charge >= 0.3 is 5.97 Å². The van der Waals surface area contributed by atoms with Gasteiger partial charge in [0.2, 0.25) is 0 Å². The van der Waals surface area contributed by atoms with Gasteiger partial charge in [0.05, 0.1) is 6.61 Å². The molecule has 2 unspecified atom stereocenters. The summed E-state index contributed by atoms with van der Waals surface area (Å²) in [6.07, 6.45) is 10.4. The number of aryl methyl sites for hydroxylation is 1. The third kappa shape index (κ3) is 7.91. The van der Waals surface area contributed by atoms with E-state index in [1.54, 1.807) is 0 Å². The van der Waals surface area contributed by atoms with Crippen molar-refractivity contribution in [3.8, 4) is 5.75 Å². The number of esters is 1. The predicted molar refractivity (Wildman–Crippen MR) is 130 cm³/mol. The molecule has 0 aliphatic carbocycles. The lowest BCUT2D eigenvalue weighted by atomic mass is 9.90. The summed E-state index contributed by atoms with van der Waals surface area (Å²) in [7, 11) is 3.98. The van der Waals surface area contributed by atoms with Crippen LogP contribution in [0.15, 0.2) is 12.1 Å². The van der Waals surface area contributed by atoms with Crippen molar-refractivity contribution in [3.63, 3.8) is 0 Å². The summed E-state index contributed by atoms with van der Waals surface area (Å²) in [5.41, 5.74) is 2.57. The van der Waals surface area contributed by atoms with Gasteiger partial charge in [-0.3, -0.25) is 4.79 Å². The Morgan fingerprint density at radius 1 is 1.06 bits per heavy atom. The van der Waals surface area contributed by atoms with E-state index in [0.29, 0.717) is 18.8 Å². The number of fused-ring (bicyclic) bond motifs is 1. The quantitative estimate of drug-likeness (QED) is 0.195. The molecule has 1 aliphatic rings. The number of carbonyl (C=O) groups excluding carboxylic acids is 2. The summed E-state index contributed by atoms with van der Waals surface area (Å²) >= 11 is 0. The molecule has 1 aromatic carbocycles. The van der Waals surface area contributed by atoms with E-state index in [1.807, 2.05) is 33.2 Å². The molecule has 0 bridgehead atoms. The summed E-state index contributed by atoms with van der Waals surface area (Å²) < 4.78 is 11.3. The molecule has 0 N–H and O–H groups in total. The topological polar surface area (TPSA) is 55.8 Å². The van der Waals surface area contributed by atoms with Crippen LogP contribution in [-0.4, -0.2) is 50.0 Å². The van der Waals surface area contributed by atoms with Gasteiger partial charge in [0.25, 0.3) is 0 Å². The van der Waals surface area contributed by atoms with Crippen LogP contribution >= 0.6 is 0 Å². The van der Waals surface area contributed by atoms with E-state index in [9.17, 15) is 9.59 Å². The zero-order chi connectivity index (χ0) is 23.5. The van der Waals surface area contributed by atoms with Gasteiger partial charge < -0.3 is 14.4 Å². The maximum atomic E-state index is 13.1. The first-order valence-corrected chi connectivity index (χ1v) is 12.5. The van der Waals surface area contributed by atoms with Crippen LogP contribution in [0.3, 0.4) is 0 Å². The molecule has 2 atom stereocenters. The van der Waals surface area contributed by atoms with Crippen molar-refractivity contribution in [2.45, 2.75) is 91.1 Å². The monoisotopic (exact) mass is 445 g/mol. The highest BCUT2D eigenvalue weighted by molar-refractivity contribution is 5.99. The first kappa shape index (κ1) is 26.4. The van der Waals surface area contributed by atoms with Crippen molar-refractivity contribution in [1.29, 1.82) is 0 Å². The van der Waals surface area contributed by atoms with Crippen molar-refractivity contribution in [3.05, 3.63) is 28.8 Å². The standard InChI is InChI=1S/C27H43NO4/c1-6-8-9-10-11-12-13-14-15-31-27(30)25-18-22-17-23(20(3)16-24(22)32-25)26(29)21(7-2)19-28(4)5/h16-17,21,25H,6-15,18-19H2,1-5H3. The smallest absolute Gasteiger partial charge is 0.347 e. The average Bonchev–Trinajstić information content (AvgIpc) is 3.18. The van der Waals surface area contributed by atoms with Crippen LogP contribution in [0, 0.1) is 12.8 Å². The van der Waals surface area contributed by atoms with Crippen LogP contribution < -0.4 is 4.74 Å². The van der Waals surface area contributed by atoms with Crippen molar-refractivity contribution in [1.82, 2.24) is 4.90 Å². The van der Waals surface area contributed by atoms with Crippen molar-refractivity contribution in [2.75, 3.05) is 27.2 Å². The summed E-state index contributed by atoms with van der Waals surface area (Å²) in [5.74, 6) is 0.543. The zero-order valence-electron chi connectivity index (χ0n) is 20.9. The molecular formula is C27H43NO4. The summed E-state index contributed by atoms with van der Waals surface area (Å²) in [5, 5.41) is 0. The first-order valence-electron chi connectivity index (χ1n) is 12.5. The number of ether oxygens (including phenoxy) is 2. The fraction of sp³-hybridized carbons (Fsp3) is 0.704. The molecule has 180 valence electrons. The summed E-state index contributed by atoms with van der Waals surface area (Å²) in [6.45, 7) is 7.41. The Bertz CT molecular complexity index is 743. The Morgan fingerprint density at radius 2 is 1.72 bits per heavy atom. The van der Waals surface area contributed by atoms with E-state index < -0.39 is 6.10 Å². The molecule has 0 saturated heterocycles. The van der Waals surface area contributed by atoms with Crippen molar-refractivity contribution in [2.24, 2.45) is 5.92 Å². The van der Waals surface area contributed by atoms with Crippen molar-refractivity contribution < 1.29 is 19.1 Å². The van der Waals surface area contributed by atoms with Crippen LogP contribution in [0.1, 0.15) is 93.1 Å². The first-order chi connectivity index (χ1) is 15.4. The Balaban J connectivity index is 1.82. The maximum absolute atomic E-state index is 13.1. The van der Waals surface area contributed by atoms with Gasteiger partial charge in [0, 0.05) is 24.4 Å². The molecule has 32 heavy (non-hydrogen) atoms. The number of benzene rings is 1. The van der Waals surface area contributed by atoms with E-state index in [1.165, 1.54) is 38.5 Å². The minimum absolute atomic E-state index is 0.0310. The normalized spacial score (nSPS) is 16.0. The molecule has 0 amide bonds. The number of hydrogen-bond acceptors (Lipinski definition) is 5. The minimum Gasteiger partial charge on any atom is -0.478 e. The molecule has 5 nitrogen and oxygen atoms in total. The molecule has 0 fully saturated rings. The van der Waals surface area contributed by atoms with E-state index in [2.05, 4.69) is 18.7 Å². The number of hydrogen-bond donors (Lipinski definition) is 0. The lowest BCUT2D eigenvalue weighted by Gasteiger charge is -2.19. The molecule has 5 heteroatoms. The van der Waals surface area contributed by atoms with Crippen LogP contribution in [-0.2, 0) is 16.0 Å². The lowest BCUT2D eigenvalue weighted by molar-refractivity contribution is -0.151. The van der Waals surface area contributed by atoms with E-state index >= 15 is 0 Å². The highest BCUT2D eigenvalue weighted by atomic mass is 16.6. The number of nitrogens with zero attached hydrogens (tertiary/aromatic N) is 1. The largest absolute Gasteiger partial charge is 0.478 e. The number of unbranched alkanes of at least 4 members (excludes halogenated alkanes) is 7. The second-order valence-electron chi connectivity index (χ2n) is 9.46. The minimum atomic E-state index is -0.604. The fourth-order valence-corrected chi connectivity index (χ4v) is 4.35. The SMILES string of the molecule is CCCCCCCCCCOC(=O)C1Cc2cc(C(=O)C(CC)CN(C)C)c(C)cc2O1. The predicted octanol–water partition coefficient (Wildman–Crippen LogP) is 5.75. The van der Waals surface area contributed by atoms with Gasteiger partial charge in [0.15, 0.2) is 11.9 Å². The molecule has 1 aliphatic heterocycles. The number of carbonyl (C=O) groups is 2. The van der Waals surface area contributed by atoms with E-state index in [4.69, 9.17) is 9.47 Å². The average molecular weight is 446 g/mol. The third-order valence-corrected chi connectivity index (χ3v) is 6.30. The molecule has 0 radical (unpaired) electrons. The zero-order valence-corrected chi connectivity index (χ0v) is 20.9.